The van der Waals surface area contributed by atoms with Crippen LogP contribution in [0.2, 0.25) is 0 Å². The van der Waals surface area contributed by atoms with E-state index < -0.39 is 0 Å². The second-order valence-electron chi connectivity index (χ2n) is 3.88. The maximum atomic E-state index is 5.71. The van der Waals surface area contributed by atoms with Gasteiger partial charge in [0.25, 0.3) is 0 Å². The zero-order valence-corrected chi connectivity index (χ0v) is 10.3. The molecule has 0 bridgehead atoms. The highest BCUT2D eigenvalue weighted by atomic mass is 79.9. The van der Waals surface area contributed by atoms with Gasteiger partial charge in [-0.2, -0.15) is 0 Å². The highest BCUT2D eigenvalue weighted by molar-refractivity contribution is 9.10. The lowest BCUT2D eigenvalue weighted by atomic mass is 10.2. The monoisotopic (exact) mass is 256 g/mol. The Morgan fingerprint density at radius 3 is 2.79 bits per heavy atom. The molecule has 0 aromatic heterocycles. The van der Waals surface area contributed by atoms with Crippen LogP contribution in [0.15, 0.2) is 22.7 Å². The van der Waals surface area contributed by atoms with E-state index in [0.29, 0.717) is 5.92 Å². The summed E-state index contributed by atoms with van der Waals surface area (Å²) in [7, 11) is 0. The molecule has 1 aromatic rings. The van der Waals surface area contributed by atoms with Gasteiger partial charge < -0.3 is 11.1 Å². The Balaban J connectivity index is 2.53. The van der Waals surface area contributed by atoms with Crippen molar-refractivity contribution in [3.05, 3.63) is 28.2 Å². The molecule has 2 nitrogen and oxygen atoms in total. The molecule has 0 aliphatic heterocycles. The highest BCUT2D eigenvalue weighted by Crippen LogP contribution is 2.19. The summed E-state index contributed by atoms with van der Waals surface area (Å²) in [6.07, 6.45) is 0. The molecule has 0 fully saturated rings. The predicted octanol–water partition coefficient (Wildman–Crippen LogP) is 2.78. The lowest BCUT2D eigenvalue weighted by Gasteiger charge is -2.09. The Morgan fingerprint density at radius 2 is 2.14 bits per heavy atom. The summed E-state index contributed by atoms with van der Waals surface area (Å²) in [5, 5.41) is 3.38. The van der Waals surface area contributed by atoms with E-state index in [1.807, 2.05) is 18.2 Å². The van der Waals surface area contributed by atoms with Crippen molar-refractivity contribution in [3.63, 3.8) is 0 Å². The van der Waals surface area contributed by atoms with Crippen molar-refractivity contribution in [1.82, 2.24) is 5.32 Å². The molecular formula is C11H17BrN2. The van der Waals surface area contributed by atoms with Crippen LogP contribution in [-0.2, 0) is 6.54 Å². The van der Waals surface area contributed by atoms with Gasteiger partial charge in [-0.25, -0.2) is 0 Å². The molecule has 1 aromatic carbocycles. The normalized spacial score (nSPS) is 10.9. The van der Waals surface area contributed by atoms with Crippen LogP contribution in [0.3, 0.4) is 0 Å². The molecule has 3 N–H and O–H groups in total. The van der Waals surface area contributed by atoms with Gasteiger partial charge in [-0.3, -0.25) is 0 Å². The number of anilines is 1. The smallest absolute Gasteiger partial charge is 0.0318 e. The molecule has 0 amide bonds. The summed E-state index contributed by atoms with van der Waals surface area (Å²) in [4.78, 5) is 0. The highest BCUT2D eigenvalue weighted by Gasteiger charge is 2.00. The number of rotatable bonds is 4. The van der Waals surface area contributed by atoms with Gasteiger partial charge >= 0.3 is 0 Å². The summed E-state index contributed by atoms with van der Waals surface area (Å²) < 4.78 is 1.11. The summed E-state index contributed by atoms with van der Waals surface area (Å²) >= 11 is 3.50. The second kappa shape index (κ2) is 5.37. The molecule has 14 heavy (non-hydrogen) atoms. The first-order chi connectivity index (χ1) is 6.59. The number of benzene rings is 1. The zero-order chi connectivity index (χ0) is 10.6. The predicted molar refractivity (Wildman–Crippen MR) is 65.1 cm³/mol. The molecule has 0 unspecified atom stereocenters. The van der Waals surface area contributed by atoms with E-state index in [2.05, 4.69) is 35.1 Å². The van der Waals surface area contributed by atoms with Crippen LogP contribution in [0.5, 0.6) is 0 Å². The first kappa shape index (κ1) is 11.5. The number of hydrogen-bond donors (Lipinski definition) is 2. The largest absolute Gasteiger partial charge is 0.399 e. The fourth-order valence-corrected chi connectivity index (χ4v) is 1.61. The van der Waals surface area contributed by atoms with Gasteiger partial charge in [-0.15, -0.1) is 0 Å². The minimum Gasteiger partial charge on any atom is -0.399 e. The summed E-state index contributed by atoms with van der Waals surface area (Å²) in [5.74, 6) is 0.676. The SMILES string of the molecule is CC(C)CNCc1cc(N)ccc1Br. The van der Waals surface area contributed by atoms with E-state index in [4.69, 9.17) is 5.73 Å². The average molecular weight is 257 g/mol. The molecule has 0 atom stereocenters. The van der Waals surface area contributed by atoms with Crippen molar-refractivity contribution in [2.24, 2.45) is 5.92 Å². The lowest BCUT2D eigenvalue weighted by Crippen LogP contribution is -2.19. The van der Waals surface area contributed by atoms with Crippen LogP contribution in [0.4, 0.5) is 5.69 Å². The van der Waals surface area contributed by atoms with E-state index in [-0.39, 0.29) is 0 Å². The third-order valence-corrected chi connectivity index (χ3v) is 2.71. The van der Waals surface area contributed by atoms with Gasteiger partial charge in [0.15, 0.2) is 0 Å². The number of hydrogen-bond acceptors (Lipinski definition) is 2. The van der Waals surface area contributed by atoms with E-state index in [0.717, 1.165) is 23.2 Å². The molecule has 0 saturated carbocycles. The summed E-state index contributed by atoms with van der Waals surface area (Å²) in [6, 6.07) is 5.88. The Hall–Kier alpha value is -0.540. The lowest BCUT2D eigenvalue weighted by molar-refractivity contribution is 0.552. The molecule has 0 aliphatic carbocycles. The molecule has 0 heterocycles. The van der Waals surface area contributed by atoms with Crippen LogP contribution in [0.25, 0.3) is 0 Å². The second-order valence-corrected chi connectivity index (χ2v) is 4.73. The van der Waals surface area contributed by atoms with Crippen LogP contribution in [0.1, 0.15) is 19.4 Å². The van der Waals surface area contributed by atoms with Crippen LogP contribution in [0, 0.1) is 5.92 Å². The summed E-state index contributed by atoms with van der Waals surface area (Å²) in [6.45, 7) is 6.29. The maximum absolute atomic E-state index is 5.71. The molecule has 0 aliphatic rings. The standard InChI is InChI=1S/C11H17BrN2/c1-8(2)6-14-7-9-5-10(13)3-4-11(9)12/h3-5,8,14H,6-7,13H2,1-2H3. The molecule has 78 valence electrons. The first-order valence-corrected chi connectivity index (χ1v) is 5.63. The van der Waals surface area contributed by atoms with Gasteiger partial charge in [0, 0.05) is 16.7 Å². The zero-order valence-electron chi connectivity index (χ0n) is 8.68. The third kappa shape index (κ3) is 3.68. The van der Waals surface area contributed by atoms with E-state index >= 15 is 0 Å². The average Bonchev–Trinajstić information content (AvgIpc) is 2.10. The molecule has 3 heteroatoms. The Morgan fingerprint density at radius 1 is 1.43 bits per heavy atom. The molecule has 0 saturated heterocycles. The third-order valence-electron chi connectivity index (χ3n) is 1.94. The van der Waals surface area contributed by atoms with Gasteiger partial charge in [0.1, 0.15) is 0 Å². The number of nitrogens with two attached hydrogens (primary N) is 1. The Bertz CT molecular complexity index is 297. The van der Waals surface area contributed by atoms with Crippen molar-refractivity contribution in [2.45, 2.75) is 20.4 Å². The van der Waals surface area contributed by atoms with Gasteiger partial charge in [-0.05, 0) is 36.2 Å². The first-order valence-electron chi connectivity index (χ1n) is 4.84. The summed E-state index contributed by atoms with van der Waals surface area (Å²) in [5.41, 5.74) is 7.74. The van der Waals surface area contributed by atoms with Crippen molar-refractivity contribution in [2.75, 3.05) is 12.3 Å². The minimum atomic E-state index is 0.676. The Kier molecular flexibility index (Phi) is 4.42. The van der Waals surface area contributed by atoms with Gasteiger partial charge in [0.2, 0.25) is 0 Å². The van der Waals surface area contributed by atoms with Crippen LogP contribution in [-0.4, -0.2) is 6.54 Å². The Labute approximate surface area is 94.0 Å². The number of nitrogen functional groups attached to an aromatic ring is 1. The topological polar surface area (TPSA) is 38.0 Å². The fraction of sp³-hybridized carbons (Fsp3) is 0.455. The number of halogens is 1. The van der Waals surface area contributed by atoms with E-state index in [9.17, 15) is 0 Å². The quantitative estimate of drug-likeness (QED) is 0.814. The van der Waals surface area contributed by atoms with Crippen LogP contribution < -0.4 is 11.1 Å². The van der Waals surface area contributed by atoms with Crippen molar-refractivity contribution in [3.8, 4) is 0 Å². The minimum absolute atomic E-state index is 0.676. The molecule has 1 rings (SSSR count). The van der Waals surface area contributed by atoms with Gasteiger partial charge in [-0.1, -0.05) is 29.8 Å². The number of nitrogens with one attached hydrogen (secondary N) is 1. The van der Waals surface area contributed by atoms with E-state index in [1.54, 1.807) is 0 Å². The van der Waals surface area contributed by atoms with Crippen molar-refractivity contribution >= 4 is 21.6 Å². The van der Waals surface area contributed by atoms with Crippen molar-refractivity contribution in [1.29, 1.82) is 0 Å². The van der Waals surface area contributed by atoms with Crippen LogP contribution >= 0.6 is 15.9 Å². The van der Waals surface area contributed by atoms with Gasteiger partial charge in [0.05, 0.1) is 0 Å². The molecule has 0 spiro atoms. The van der Waals surface area contributed by atoms with E-state index in [1.165, 1.54) is 5.56 Å². The molecular weight excluding hydrogens is 240 g/mol. The maximum Gasteiger partial charge on any atom is 0.0318 e. The molecule has 0 radical (unpaired) electrons. The fourth-order valence-electron chi connectivity index (χ4n) is 1.23. The van der Waals surface area contributed by atoms with Crippen molar-refractivity contribution < 1.29 is 0 Å².